The van der Waals surface area contributed by atoms with Crippen molar-refractivity contribution in [2.45, 2.75) is 51.6 Å². The van der Waals surface area contributed by atoms with Crippen LogP contribution in [0.2, 0.25) is 0 Å². The average Bonchev–Trinajstić information content (AvgIpc) is 2.20. The van der Waals surface area contributed by atoms with Gasteiger partial charge < -0.3 is 36.4 Å². The molecule has 8 nitrogen and oxygen atoms in total. The van der Waals surface area contributed by atoms with Gasteiger partial charge in [0, 0.05) is 11.6 Å². The average molecular weight is 468 g/mol. The predicted molar refractivity (Wildman–Crippen MR) is 70.7 cm³/mol. The molecule has 9 heteroatoms. The zero-order valence-electron chi connectivity index (χ0n) is 11.4. The van der Waals surface area contributed by atoms with Gasteiger partial charge in [-0.15, -0.1) is 0 Å². The maximum atomic E-state index is 9.98. The van der Waals surface area contributed by atoms with Crippen LogP contribution in [0.25, 0.3) is 11.5 Å². The molecule has 0 spiro atoms. The molecule has 2 atom stereocenters. The normalized spacial score (nSPS) is 19.8. The summed E-state index contributed by atoms with van der Waals surface area (Å²) in [5, 5.41) is 14.8. The SMILES string of the molecule is CC(=O)[CH-]C(C)=O.O=[N+]([O-])[O-].[NH-]C1CCCCC1[NH-].[Pt+4]. The molecule has 0 saturated heterocycles. The van der Waals surface area contributed by atoms with Crippen molar-refractivity contribution in [2.75, 3.05) is 0 Å². The molecule has 1 saturated carbocycles. The second-order valence-electron chi connectivity index (χ2n) is 4.09. The third kappa shape index (κ3) is 22.2. The van der Waals surface area contributed by atoms with Crippen LogP contribution in [0.5, 0.6) is 0 Å². The van der Waals surface area contributed by atoms with Crippen molar-refractivity contribution in [3.05, 3.63) is 33.2 Å². The molecule has 1 aliphatic rings. The predicted octanol–water partition coefficient (Wildman–Crippen LogP) is 2.53. The number of nitrogens with one attached hydrogen (secondary N) is 2. The molecule has 1 rings (SSSR count). The second-order valence-corrected chi connectivity index (χ2v) is 4.09. The molecule has 0 aliphatic heterocycles. The largest absolute Gasteiger partial charge is 4.00 e. The molecule has 118 valence electrons. The number of rotatable bonds is 2. The third-order valence-electron chi connectivity index (χ3n) is 2.17. The van der Waals surface area contributed by atoms with Gasteiger partial charge in [-0.3, -0.25) is 6.42 Å². The van der Waals surface area contributed by atoms with E-state index in [2.05, 4.69) is 0 Å². The van der Waals surface area contributed by atoms with Crippen molar-refractivity contribution >= 4 is 11.6 Å². The van der Waals surface area contributed by atoms with Crippen LogP contribution in [0, 0.1) is 21.7 Å². The number of carbonyl (C=O) groups excluding carboxylic acids is 2. The molecule has 20 heavy (non-hydrogen) atoms. The Hall–Kier alpha value is -0.982. The van der Waals surface area contributed by atoms with Gasteiger partial charge in [0.2, 0.25) is 0 Å². The van der Waals surface area contributed by atoms with Crippen LogP contribution in [0.1, 0.15) is 39.5 Å². The number of ketones is 2. The van der Waals surface area contributed by atoms with Crippen LogP contribution in [0.15, 0.2) is 0 Å². The zero-order valence-corrected chi connectivity index (χ0v) is 13.6. The van der Waals surface area contributed by atoms with Gasteiger partial charge in [0.05, 0.1) is 5.09 Å². The van der Waals surface area contributed by atoms with E-state index in [-0.39, 0.29) is 44.7 Å². The standard InChI is InChI=1S/C6H12N2.C5H7O2.NO3.Pt/c7-5-3-1-2-4-6(5)8;1-4(6)3-5(2)7;2-1(3)4;/h5-8H,1-4H2;3H,1-2H3;;/q-2;2*-1;+4. The zero-order chi connectivity index (χ0) is 15.4. The van der Waals surface area contributed by atoms with E-state index < -0.39 is 5.09 Å². The topological polar surface area (TPSA) is 148 Å². The molecule has 2 N–H and O–H groups in total. The van der Waals surface area contributed by atoms with E-state index in [0.29, 0.717) is 0 Å². The fourth-order valence-corrected chi connectivity index (χ4v) is 1.42. The van der Waals surface area contributed by atoms with E-state index in [1.165, 1.54) is 26.7 Å². The Morgan fingerprint density at radius 1 is 1.05 bits per heavy atom. The Labute approximate surface area is 132 Å². The fourth-order valence-electron chi connectivity index (χ4n) is 1.42. The van der Waals surface area contributed by atoms with E-state index in [1.807, 2.05) is 0 Å². The molecule has 0 aromatic heterocycles. The number of Topliss-reactive ketones (excluding diaryl/α,β-unsaturated/α-hetero) is 2. The number of hydrogen-bond acceptors (Lipinski definition) is 5. The summed E-state index contributed by atoms with van der Waals surface area (Å²) in [6, 6.07) is -0.160. The monoisotopic (exact) mass is 468 g/mol. The summed E-state index contributed by atoms with van der Waals surface area (Å²) >= 11 is 0. The van der Waals surface area contributed by atoms with Crippen LogP contribution in [-0.4, -0.2) is 28.7 Å². The Morgan fingerprint density at radius 2 is 1.30 bits per heavy atom. The van der Waals surface area contributed by atoms with Crippen LogP contribution in [-0.2, 0) is 30.7 Å². The van der Waals surface area contributed by atoms with Gasteiger partial charge in [-0.05, 0) is 13.8 Å². The molecule has 0 amide bonds. The molecular formula is C11H19N3O5Pt. The van der Waals surface area contributed by atoms with Gasteiger partial charge in [0.1, 0.15) is 0 Å². The number of hydrogen-bond donors (Lipinski definition) is 0. The first kappa shape index (κ1) is 24.1. The van der Waals surface area contributed by atoms with Crippen molar-refractivity contribution in [1.29, 1.82) is 0 Å². The van der Waals surface area contributed by atoms with Crippen molar-refractivity contribution in [3.8, 4) is 0 Å². The van der Waals surface area contributed by atoms with Gasteiger partial charge in [0.25, 0.3) is 0 Å². The van der Waals surface area contributed by atoms with Crippen molar-refractivity contribution < 1.29 is 35.7 Å². The molecule has 0 radical (unpaired) electrons. The van der Waals surface area contributed by atoms with E-state index in [1.54, 1.807) is 0 Å². The first-order valence-corrected chi connectivity index (χ1v) is 5.76. The molecule has 0 aromatic carbocycles. The maximum Gasteiger partial charge on any atom is 4.00 e. The first-order valence-electron chi connectivity index (χ1n) is 5.76. The van der Waals surface area contributed by atoms with Crippen molar-refractivity contribution in [1.82, 2.24) is 0 Å². The van der Waals surface area contributed by atoms with Gasteiger partial charge in [0.15, 0.2) is 0 Å². The fraction of sp³-hybridized carbons (Fsp3) is 0.727. The summed E-state index contributed by atoms with van der Waals surface area (Å²) in [5.74, 6) is -0.375. The summed E-state index contributed by atoms with van der Waals surface area (Å²) in [4.78, 5) is 28.2. The molecule has 0 heterocycles. The van der Waals surface area contributed by atoms with E-state index in [4.69, 9.17) is 26.8 Å². The third-order valence-corrected chi connectivity index (χ3v) is 2.17. The van der Waals surface area contributed by atoms with Gasteiger partial charge >= 0.3 is 21.1 Å². The summed E-state index contributed by atoms with van der Waals surface area (Å²) < 4.78 is 0. The van der Waals surface area contributed by atoms with Crippen molar-refractivity contribution in [2.24, 2.45) is 0 Å². The molecule has 0 bridgehead atoms. The Morgan fingerprint density at radius 3 is 1.40 bits per heavy atom. The van der Waals surface area contributed by atoms with E-state index in [0.717, 1.165) is 19.3 Å². The van der Waals surface area contributed by atoms with Gasteiger partial charge in [-0.1, -0.05) is 25.7 Å². The Kier molecular flexibility index (Phi) is 17.4. The Bertz CT molecular complexity index is 276. The minimum atomic E-state index is -1.75. The first-order chi connectivity index (χ1) is 8.66. The summed E-state index contributed by atoms with van der Waals surface area (Å²) in [7, 11) is 0. The molecule has 1 fully saturated rings. The summed E-state index contributed by atoms with van der Waals surface area (Å²) in [6.07, 6.45) is 5.30. The Balaban J connectivity index is -0.000000224. The quantitative estimate of drug-likeness (QED) is 0.264. The van der Waals surface area contributed by atoms with E-state index >= 15 is 0 Å². The summed E-state index contributed by atoms with van der Waals surface area (Å²) in [6.45, 7) is 2.70. The summed E-state index contributed by atoms with van der Waals surface area (Å²) in [5.41, 5.74) is 14.6. The smallest absolute Gasteiger partial charge is 0.676 e. The molecule has 0 aromatic rings. The number of nitrogens with zero attached hydrogens (tertiary/aromatic N) is 1. The molecule has 1 aliphatic carbocycles. The second kappa shape index (κ2) is 14.4. The van der Waals surface area contributed by atoms with Crippen LogP contribution < -0.4 is 0 Å². The minimum Gasteiger partial charge on any atom is -0.676 e. The van der Waals surface area contributed by atoms with Gasteiger partial charge in [-0.2, -0.15) is 12.1 Å². The maximum absolute atomic E-state index is 9.98. The number of carbonyl (C=O) groups is 2. The van der Waals surface area contributed by atoms with Crippen LogP contribution in [0.4, 0.5) is 0 Å². The van der Waals surface area contributed by atoms with Crippen LogP contribution in [0.3, 0.4) is 0 Å². The minimum absolute atomic E-state index is 0. The molecule has 2 unspecified atom stereocenters. The van der Waals surface area contributed by atoms with Gasteiger partial charge in [-0.25, -0.2) is 0 Å². The van der Waals surface area contributed by atoms with E-state index in [9.17, 15) is 9.59 Å². The molecular weight excluding hydrogens is 449 g/mol. The van der Waals surface area contributed by atoms with Crippen LogP contribution >= 0.6 is 0 Å². The van der Waals surface area contributed by atoms with Crippen molar-refractivity contribution in [3.63, 3.8) is 0 Å².